The fourth-order valence-corrected chi connectivity index (χ4v) is 3.03. The quantitative estimate of drug-likeness (QED) is 0.591. The molecule has 1 saturated carbocycles. The van der Waals surface area contributed by atoms with Gasteiger partial charge in [-0.3, -0.25) is 14.5 Å². The van der Waals surface area contributed by atoms with E-state index in [1.54, 1.807) is 13.8 Å². The van der Waals surface area contributed by atoms with E-state index < -0.39 is 5.54 Å². The van der Waals surface area contributed by atoms with E-state index in [0.29, 0.717) is 5.92 Å². The molecule has 2 unspecified atom stereocenters. The number of imide groups is 1. The van der Waals surface area contributed by atoms with Gasteiger partial charge in [-0.25, -0.2) is 0 Å². The number of carbonyl (C=O) groups excluding carboxylic acids is 2. The number of amides is 2. The Labute approximate surface area is 107 Å². The molecule has 2 fully saturated rings. The lowest BCUT2D eigenvalue weighted by atomic mass is 10.00. The Balaban J connectivity index is 2.32. The van der Waals surface area contributed by atoms with Crippen molar-refractivity contribution in [3.05, 3.63) is 0 Å². The molecule has 17 heavy (non-hydrogen) atoms. The van der Waals surface area contributed by atoms with E-state index in [0.717, 1.165) is 12.8 Å². The van der Waals surface area contributed by atoms with E-state index >= 15 is 0 Å². The van der Waals surface area contributed by atoms with Crippen molar-refractivity contribution in [1.82, 2.24) is 4.90 Å². The van der Waals surface area contributed by atoms with Crippen LogP contribution in [0.25, 0.3) is 0 Å². The predicted molar refractivity (Wildman–Crippen MR) is 68.1 cm³/mol. The minimum atomic E-state index is -0.850. The van der Waals surface area contributed by atoms with Crippen LogP contribution in [0.5, 0.6) is 0 Å². The van der Waals surface area contributed by atoms with Crippen LogP contribution in [0.1, 0.15) is 33.6 Å². The zero-order chi connectivity index (χ0) is 13.0. The van der Waals surface area contributed by atoms with Crippen molar-refractivity contribution in [2.24, 2.45) is 23.5 Å². The lowest BCUT2D eigenvalue weighted by molar-refractivity contribution is -0.144. The molecule has 0 spiro atoms. The number of nitrogens with zero attached hydrogens (tertiary/aromatic N) is 1. The summed E-state index contributed by atoms with van der Waals surface area (Å²) in [5, 5.41) is 0. The molecule has 0 aromatic heterocycles. The normalized spacial score (nSPS) is 33.1. The Bertz CT molecular complexity index is 381. The van der Waals surface area contributed by atoms with E-state index in [1.807, 2.05) is 0 Å². The fraction of sp³-hybridized carbons (Fsp3) is 0.750. The van der Waals surface area contributed by atoms with Gasteiger partial charge in [0, 0.05) is 0 Å². The molecular weight excluding hydrogens is 236 g/mol. The molecule has 5 heteroatoms. The van der Waals surface area contributed by atoms with Crippen LogP contribution >= 0.6 is 12.2 Å². The first-order chi connectivity index (χ1) is 7.76. The Morgan fingerprint density at radius 2 is 1.71 bits per heavy atom. The summed E-state index contributed by atoms with van der Waals surface area (Å²) in [6.07, 6.45) is 1.61. The fourth-order valence-electron chi connectivity index (χ4n) is 2.94. The Hall–Kier alpha value is -0.970. The molecular formula is C12H18N2O2S. The summed E-state index contributed by atoms with van der Waals surface area (Å²) in [7, 11) is 0. The van der Waals surface area contributed by atoms with Crippen LogP contribution in [0.2, 0.25) is 0 Å². The molecule has 1 aliphatic carbocycles. The second-order valence-corrected chi connectivity index (χ2v) is 6.16. The second kappa shape index (κ2) is 3.77. The maximum Gasteiger partial charge on any atom is 0.233 e. The highest BCUT2D eigenvalue weighted by atomic mass is 32.1. The summed E-state index contributed by atoms with van der Waals surface area (Å²) in [5.74, 6) is -0.0328. The van der Waals surface area contributed by atoms with Gasteiger partial charge in [-0.1, -0.05) is 19.1 Å². The van der Waals surface area contributed by atoms with Crippen LogP contribution in [0, 0.1) is 17.8 Å². The molecule has 1 heterocycles. The molecule has 2 atom stereocenters. The van der Waals surface area contributed by atoms with Gasteiger partial charge >= 0.3 is 0 Å². The van der Waals surface area contributed by atoms with Gasteiger partial charge in [-0.15, -0.1) is 0 Å². The Kier molecular flexibility index (Phi) is 2.77. The summed E-state index contributed by atoms with van der Waals surface area (Å²) in [6, 6.07) is 0. The van der Waals surface area contributed by atoms with E-state index in [2.05, 4.69) is 6.92 Å². The molecule has 2 rings (SSSR count). The highest BCUT2D eigenvalue weighted by Crippen LogP contribution is 2.44. The van der Waals surface area contributed by atoms with Gasteiger partial charge < -0.3 is 5.73 Å². The van der Waals surface area contributed by atoms with E-state index in [9.17, 15) is 9.59 Å². The minimum absolute atomic E-state index is 0.0952. The van der Waals surface area contributed by atoms with Gasteiger partial charge in [0.1, 0.15) is 0 Å². The number of hydrogen-bond acceptors (Lipinski definition) is 3. The van der Waals surface area contributed by atoms with Crippen molar-refractivity contribution in [3.63, 3.8) is 0 Å². The van der Waals surface area contributed by atoms with Crippen molar-refractivity contribution in [1.29, 1.82) is 0 Å². The first-order valence-corrected chi connectivity index (χ1v) is 6.35. The maximum atomic E-state index is 12.3. The smallest absolute Gasteiger partial charge is 0.233 e. The van der Waals surface area contributed by atoms with Crippen molar-refractivity contribution < 1.29 is 9.59 Å². The van der Waals surface area contributed by atoms with Crippen molar-refractivity contribution in [2.75, 3.05) is 0 Å². The number of fused-ring (bicyclic) bond motifs is 1. The van der Waals surface area contributed by atoms with E-state index in [4.69, 9.17) is 18.0 Å². The van der Waals surface area contributed by atoms with Gasteiger partial charge in [0.05, 0.1) is 22.4 Å². The maximum absolute atomic E-state index is 12.3. The lowest BCUT2D eigenvalue weighted by Crippen LogP contribution is -2.55. The molecule has 0 aromatic rings. The molecule has 2 aliphatic rings. The number of likely N-dealkylation sites (tertiary alicyclic amines) is 1. The van der Waals surface area contributed by atoms with Gasteiger partial charge in [0.25, 0.3) is 0 Å². The van der Waals surface area contributed by atoms with Crippen molar-refractivity contribution in [2.45, 2.75) is 39.2 Å². The first kappa shape index (κ1) is 12.5. The number of hydrogen-bond donors (Lipinski definition) is 1. The number of thiocarbonyl (C=S) groups is 1. The number of rotatable bonds is 2. The summed E-state index contributed by atoms with van der Waals surface area (Å²) in [5.41, 5.74) is 4.79. The van der Waals surface area contributed by atoms with Gasteiger partial charge in [0.15, 0.2) is 0 Å². The Morgan fingerprint density at radius 3 is 2.06 bits per heavy atom. The third-order valence-corrected chi connectivity index (χ3v) is 4.54. The molecule has 2 amide bonds. The summed E-state index contributed by atoms with van der Waals surface area (Å²) in [4.78, 5) is 26.0. The van der Waals surface area contributed by atoms with E-state index in [1.165, 1.54) is 4.90 Å². The molecule has 1 saturated heterocycles. The lowest BCUT2D eigenvalue weighted by Gasteiger charge is -2.33. The van der Waals surface area contributed by atoms with Gasteiger partial charge in [0.2, 0.25) is 11.8 Å². The average molecular weight is 254 g/mol. The molecule has 4 nitrogen and oxygen atoms in total. The van der Waals surface area contributed by atoms with E-state index in [-0.39, 0.29) is 28.6 Å². The topological polar surface area (TPSA) is 63.4 Å². The molecule has 0 bridgehead atoms. The molecule has 1 aliphatic heterocycles. The van der Waals surface area contributed by atoms with Crippen LogP contribution in [-0.2, 0) is 9.59 Å². The van der Waals surface area contributed by atoms with Crippen LogP contribution in [0.3, 0.4) is 0 Å². The van der Waals surface area contributed by atoms with Crippen LogP contribution in [0.15, 0.2) is 0 Å². The SMILES string of the molecule is CC1CC2C(=O)N(C(C)(C)C(N)=S)C(=O)C2C1. The third-order valence-electron chi connectivity index (χ3n) is 4.04. The molecule has 0 aromatic carbocycles. The van der Waals surface area contributed by atoms with Gasteiger partial charge in [-0.05, 0) is 32.6 Å². The monoisotopic (exact) mass is 254 g/mol. The summed E-state index contributed by atoms with van der Waals surface area (Å²) >= 11 is 4.96. The predicted octanol–water partition coefficient (Wildman–Crippen LogP) is 1.08. The number of carbonyl (C=O) groups is 2. The largest absolute Gasteiger partial charge is 0.391 e. The van der Waals surface area contributed by atoms with Crippen LogP contribution < -0.4 is 5.73 Å². The second-order valence-electron chi connectivity index (χ2n) is 5.72. The Morgan fingerprint density at radius 1 is 1.29 bits per heavy atom. The zero-order valence-corrected chi connectivity index (χ0v) is 11.2. The first-order valence-electron chi connectivity index (χ1n) is 5.94. The molecule has 2 N–H and O–H groups in total. The van der Waals surface area contributed by atoms with Gasteiger partial charge in [-0.2, -0.15) is 0 Å². The summed E-state index contributed by atoms with van der Waals surface area (Å²) in [6.45, 7) is 5.55. The molecule has 0 radical (unpaired) electrons. The zero-order valence-electron chi connectivity index (χ0n) is 10.4. The average Bonchev–Trinajstić information content (AvgIpc) is 2.67. The van der Waals surface area contributed by atoms with Crippen molar-refractivity contribution in [3.8, 4) is 0 Å². The highest BCUT2D eigenvalue weighted by molar-refractivity contribution is 7.80. The van der Waals surface area contributed by atoms with Crippen LogP contribution in [0.4, 0.5) is 0 Å². The van der Waals surface area contributed by atoms with Crippen LogP contribution in [-0.4, -0.2) is 27.2 Å². The minimum Gasteiger partial charge on any atom is -0.391 e. The molecule has 94 valence electrons. The standard InChI is InChI=1S/C12H18N2O2S/c1-6-4-7-8(5-6)10(16)14(9(7)15)12(2,3)11(13)17/h6-8H,4-5H2,1-3H3,(H2,13,17). The summed E-state index contributed by atoms with van der Waals surface area (Å²) < 4.78 is 0. The third kappa shape index (κ3) is 1.68. The van der Waals surface area contributed by atoms with Crippen molar-refractivity contribution >= 4 is 29.0 Å². The number of nitrogens with two attached hydrogens (primary N) is 1. The highest BCUT2D eigenvalue weighted by Gasteiger charge is 2.56.